The lowest BCUT2D eigenvalue weighted by Gasteiger charge is -2.23. The van der Waals surface area contributed by atoms with Gasteiger partial charge in [0.1, 0.15) is 6.79 Å². The van der Waals surface area contributed by atoms with Gasteiger partial charge < -0.3 is 9.47 Å². The summed E-state index contributed by atoms with van der Waals surface area (Å²) >= 11 is 0. The Morgan fingerprint density at radius 3 is 2.10 bits per heavy atom. The lowest BCUT2D eigenvalue weighted by Crippen LogP contribution is -2.34. The van der Waals surface area contributed by atoms with Gasteiger partial charge in [0.15, 0.2) is 0 Å². The Bertz CT molecular complexity index is 502. The summed E-state index contributed by atoms with van der Waals surface area (Å²) in [6, 6.07) is 6.97. The molecule has 1 fully saturated rings. The predicted molar refractivity (Wildman–Crippen MR) is 75.9 cm³/mol. The molecule has 20 heavy (non-hydrogen) atoms. The van der Waals surface area contributed by atoms with Crippen LogP contribution in [0.2, 0.25) is 0 Å². The molecule has 0 saturated carbocycles. The third-order valence-electron chi connectivity index (χ3n) is 3.22. The lowest BCUT2D eigenvalue weighted by molar-refractivity contribution is -0.0593. The average Bonchev–Trinajstić information content (AvgIpc) is 2.45. The largest absolute Gasteiger partial charge is 0.355 e. The number of rotatable bonds is 2. The van der Waals surface area contributed by atoms with E-state index in [9.17, 15) is 8.42 Å². The highest BCUT2D eigenvalue weighted by Gasteiger charge is 2.23. The molecule has 1 aliphatic heterocycles. The minimum atomic E-state index is -3.42. The van der Waals surface area contributed by atoms with Crippen molar-refractivity contribution in [2.45, 2.75) is 24.7 Å². The van der Waals surface area contributed by atoms with Gasteiger partial charge >= 0.3 is 0 Å². The zero-order chi connectivity index (χ0) is 14.4. The first-order valence-electron chi connectivity index (χ1n) is 6.83. The fourth-order valence-corrected chi connectivity index (χ4v) is 3.59. The summed E-state index contributed by atoms with van der Waals surface area (Å²) in [6.45, 7) is 4.23. The van der Waals surface area contributed by atoms with Gasteiger partial charge in [-0.15, -0.1) is 0 Å². The van der Waals surface area contributed by atoms with Crippen LogP contribution in [-0.4, -0.2) is 45.8 Å². The summed E-state index contributed by atoms with van der Waals surface area (Å²) < 4.78 is 37.2. The molecule has 0 bridgehead atoms. The fraction of sp³-hybridized carbons (Fsp3) is 0.571. The number of ether oxygens (including phenoxy) is 2. The maximum Gasteiger partial charge on any atom is 0.243 e. The van der Waals surface area contributed by atoms with Gasteiger partial charge in [0.05, 0.1) is 18.1 Å². The molecule has 112 valence electrons. The molecule has 1 aromatic rings. The standard InChI is InChI=1S/C14H21NO4S/c1-13-4-6-14(7-5-13)20(16,17)15-8-2-10-18-12-19-11-3-9-15/h4-7H,2-3,8-12H2,1H3. The molecule has 0 radical (unpaired) electrons. The molecular formula is C14H21NO4S. The molecule has 0 amide bonds. The topological polar surface area (TPSA) is 55.8 Å². The summed E-state index contributed by atoms with van der Waals surface area (Å²) in [6.07, 6.45) is 1.35. The van der Waals surface area contributed by atoms with Gasteiger partial charge in [-0.2, -0.15) is 4.31 Å². The smallest absolute Gasteiger partial charge is 0.243 e. The van der Waals surface area contributed by atoms with Gasteiger partial charge in [0.2, 0.25) is 10.0 Å². The van der Waals surface area contributed by atoms with Crippen LogP contribution < -0.4 is 0 Å². The quantitative estimate of drug-likeness (QED) is 0.835. The van der Waals surface area contributed by atoms with Crippen LogP contribution in [0.25, 0.3) is 0 Å². The molecule has 0 atom stereocenters. The highest BCUT2D eigenvalue weighted by molar-refractivity contribution is 7.89. The van der Waals surface area contributed by atoms with Crippen LogP contribution in [0, 0.1) is 6.92 Å². The second kappa shape index (κ2) is 7.17. The van der Waals surface area contributed by atoms with E-state index in [4.69, 9.17) is 9.47 Å². The Balaban J connectivity index is 2.14. The maximum absolute atomic E-state index is 12.6. The van der Waals surface area contributed by atoms with Crippen molar-refractivity contribution in [1.29, 1.82) is 0 Å². The molecule has 1 heterocycles. The van der Waals surface area contributed by atoms with Crippen molar-refractivity contribution in [2.24, 2.45) is 0 Å². The van der Waals surface area contributed by atoms with Gasteiger partial charge in [0.25, 0.3) is 0 Å². The number of sulfonamides is 1. The minimum Gasteiger partial charge on any atom is -0.355 e. The number of benzene rings is 1. The average molecular weight is 299 g/mol. The van der Waals surface area contributed by atoms with E-state index in [2.05, 4.69) is 0 Å². The molecule has 2 rings (SSSR count). The molecule has 1 saturated heterocycles. The Labute approximate surface area is 120 Å². The van der Waals surface area contributed by atoms with Crippen molar-refractivity contribution in [3.63, 3.8) is 0 Å². The predicted octanol–water partition coefficient (Wildman–Crippen LogP) is 1.77. The van der Waals surface area contributed by atoms with Crippen molar-refractivity contribution in [1.82, 2.24) is 4.31 Å². The number of aryl methyl sites for hydroxylation is 1. The lowest BCUT2D eigenvalue weighted by atomic mass is 10.2. The normalized spacial score (nSPS) is 19.6. The minimum absolute atomic E-state index is 0.296. The zero-order valence-corrected chi connectivity index (χ0v) is 12.6. The van der Waals surface area contributed by atoms with E-state index >= 15 is 0 Å². The van der Waals surface area contributed by atoms with Crippen LogP contribution in [0.15, 0.2) is 29.2 Å². The van der Waals surface area contributed by atoms with Crippen LogP contribution in [0.4, 0.5) is 0 Å². The highest BCUT2D eigenvalue weighted by atomic mass is 32.2. The molecule has 0 spiro atoms. The first kappa shape index (κ1) is 15.4. The van der Waals surface area contributed by atoms with E-state index in [1.807, 2.05) is 19.1 Å². The van der Waals surface area contributed by atoms with Gasteiger partial charge in [-0.3, -0.25) is 0 Å². The van der Waals surface area contributed by atoms with E-state index in [-0.39, 0.29) is 0 Å². The monoisotopic (exact) mass is 299 g/mol. The number of hydrogen-bond donors (Lipinski definition) is 0. The van der Waals surface area contributed by atoms with E-state index in [0.717, 1.165) is 5.56 Å². The van der Waals surface area contributed by atoms with Crippen molar-refractivity contribution in [3.05, 3.63) is 29.8 Å². The Kier molecular flexibility index (Phi) is 5.54. The van der Waals surface area contributed by atoms with Crippen molar-refractivity contribution < 1.29 is 17.9 Å². The van der Waals surface area contributed by atoms with E-state index in [1.165, 1.54) is 4.31 Å². The molecule has 6 heteroatoms. The van der Waals surface area contributed by atoms with E-state index in [1.54, 1.807) is 12.1 Å². The zero-order valence-electron chi connectivity index (χ0n) is 11.7. The van der Waals surface area contributed by atoms with E-state index < -0.39 is 10.0 Å². The van der Waals surface area contributed by atoms with E-state index in [0.29, 0.717) is 50.8 Å². The summed E-state index contributed by atoms with van der Waals surface area (Å²) in [7, 11) is -3.42. The summed E-state index contributed by atoms with van der Waals surface area (Å²) in [5, 5.41) is 0. The summed E-state index contributed by atoms with van der Waals surface area (Å²) in [5.74, 6) is 0. The fourth-order valence-electron chi connectivity index (χ4n) is 2.07. The van der Waals surface area contributed by atoms with Crippen LogP contribution in [0.5, 0.6) is 0 Å². The molecule has 1 aromatic carbocycles. The van der Waals surface area contributed by atoms with Crippen LogP contribution in [0.3, 0.4) is 0 Å². The molecule has 1 aliphatic rings. The number of hydrogen-bond acceptors (Lipinski definition) is 4. The first-order valence-corrected chi connectivity index (χ1v) is 8.27. The second-order valence-corrected chi connectivity index (χ2v) is 6.80. The van der Waals surface area contributed by atoms with Crippen molar-refractivity contribution >= 4 is 10.0 Å². The maximum atomic E-state index is 12.6. The Morgan fingerprint density at radius 1 is 1.00 bits per heavy atom. The SMILES string of the molecule is Cc1ccc(S(=O)(=O)N2CCCOCOCCC2)cc1. The highest BCUT2D eigenvalue weighted by Crippen LogP contribution is 2.17. The molecule has 5 nitrogen and oxygen atoms in total. The molecule has 0 N–H and O–H groups in total. The molecule has 0 aromatic heterocycles. The van der Waals surface area contributed by atoms with Crippen LogP contribution in [-0.2, 0) is 19.5 Å². The Morgan fingerprint density at radius 2 is 1.55 bits per heavy atom. The van der Waals surface area contributed by atoms with Crippen LogP contribution >= 0.6 is 0 Å². The number of nitrogens with zero attached hydrogens (tertiary/aromatic N) is 1. The van der Waals surface area contributed by atoms with Gasteiger partial charge in [0, 0.05) is 13.1 Å². The second-order valence-electron chi connectivity index (χ2n) is 4.86. The molecule has 0 unspecified atom stereocenters. The summed E-state index contributed by atoms with van der Waals surface area (Å²) in [4.78, 5) is 0.349. The third kappa shape index (κ3) is 4.02. The van der Waals surface area contributed by atoms with Crippen molar-refractivity contribution in [3.8, 4) is 0 Å². The third-order valence-corrected chi connectivity index (χ3v) is 5.13. The van der Waals surface area contributed by atoms with Gasteiger partial charge in [-0.1, -0.05) is 17.7 Å². The van der Waals surface area contributed by atoms with Gasteiger partial charge in [-0.25, -0.2) is 8.42 Å². The van der Waals surface area contributed by atoms with Gasteiger partial charge in [-0.05, 0) is 31.9 Å². The Hall–Kier alpha value is -0.950. The molecular weight excluding hydrogens is 278 g/mol. The molecule has 0 aliphatic carbocycles. The first-order chi connectivity index (χ1) is 9.60. The van der Waals surface area contributed by atoms with Crippen LogP contribution in [0.1, 0.15) is 18.4 Å². The van der Waals surface area contributed by atoms with Crippen molar-refractivity contribution in [2.75, 3.05) is 33.1 Å². The summed E-state index contributed by atoms with van der Waals surface area (Å²) in [5.41, 5.74) is 1.05.